The Morgan fingerprint density at radius 1 is 1.56 bits per heavy atom. The Morgan fingerprint density at radius 3 is 2.75 bits per heavy atom. The van der Waals surface area contributed by atoms with Crippen LogP contribution in [0.3, 0.4) is 0 Å². The molecule has 1 atom stereocenters. The molecule has 0 amide bonds. The minimum atomic E-state index is -1.01. The van der Waals surface area contributed by atoms with Gasteiger partial charge >= 0.3 is 5.97 Å². The van der Waals surface area contributed by atoms with Crippen molar-refractivity contribution in [2.75, 3.05) is 12.4 Å². The topological polar surface area (TPSA) is 74.2 Å². The number of hydrogen-bond acceptors (Lipinski definition) is 4. The number of aromatic nitrogens is 1. The predicted octanol–water partition coefficient (Wildman–Crippen LogP) is 1.32. The second-order valence-corrected chi connectivity index (χ2v) is 3.51. The zero-order valence-corrected chi connectivity index (χ0v) is 9.74. The van der Waals surface area contributed by atoms with E-state index in [0.29, 0.717) is 5.69 Å². The highest BCUT2D eigenvalue weighted by atomic mass is 16.4. The molecule has 1 heterocycles. The minimum absolute atomic E-state index is 0.00706. The maximum Gasteiger partial charge on any atom is 0.356 e. The summed E-state index contributed by atoms with van der Waals surface area (Å²) in [5.74, 6) is -1.01. The molecule has 1 unspecified atom stereocenters. The van der Waals surface area contributed by atoms with Gasteiger partial charge in [0.15, 0.2) is 5.69 Å². The summed E-state index contributed by atoms with van der Waals surface area (Å²) >= 11 is 0. The van der Waals surface area contributed by atoms with Crippen molar-refractivity contribution >= 4 is 11.7 Å². The number of aromatic carboxylic acids is 1. The van der Waals surface area contributed by atoms with Gasteiger partial charge in [0.2, 0.25) is 0 Å². The van der Waals surface area contributed by atoms with Crippen molar-refractivity contribution in [2.45, 2.75) is 26.4 Å². The van der Waals surface area contributed by atoms with E-state index in [4.69, 9.17) is 5.11 Å². The van der Waals surface area contributed by atoms with Crippen LogP contribution in [0.4, 0.5) is 5.69 Å². The zero-order valence-electron chi connectivity index (χ0n) is 9.74. The number of hydrogen-bond donors (Lipinski definition) is 3. The smallest absolute Gasteiger partial charge is 0.356 e. The molecule has 0 fully saturated rings. The van der Waals surface area contributed by atoms with E-state index in [1.54, 1.807) is 13.1 Å². The summed E-state index contributed by atoms with van der Waals surface area (Å²) in [6, 6.07) is 3.58. The van der Waals surface area contributed by atoms with E-state index in [0.717, 1.165) is 12.1 Å². The SMILES string of the molecule is CCc1ccc(NC(C)NC)c(C(=O)O)n1. The van der Waals surface area contributed by atoms with Crippen molar-refractivity contribution in [3.8, 4) is 0 Å². The minimum Gasteiger partial charge on any atom is -0.476 e. The first kappa shape index (κ1) is 12.4. The van der Waals surface area contributed by atoms with Gasteiger partial charge in [0.25, 0.3) is 0 Å². The molecule has 0 aromatic carbocycles. The number of carboxylic acid groups (broad SMARTS) is 1. The van der Waals surface area contributed by atoms with Gasteiger partial charge in [-0.25, -0.2) is 9.78 Å². The highest BCUT2D eigenvalue weighted by Crippen LogP contribution is 2.15. The van der Waals surface area contributed by atoms with Gasteiger partial charge < -0.3 is 15.7 Å². The van der Waals surface area contributed by atoms with E-state index in [-0.39, 0.29) is 11.9 Å². The first-order chi connectivity index (χ1) is 7.58. The normalized spacial score (nSPS) is 12.2. The van der Waals surface area contributed by atoms with Gasteiger partial charge in [0.1, 0.15) is 0 Å². The second kappa shape index (κ2) is 5.46. The van der Waals surface area contributed by atoms with Crippen LogP contribution in [0, 0.1) is 0 Å². The Hall–Kier alpha value is -1.62. The Kier molecular flexibility index (Phi) is 4.25. The van der Waals surface area contributed by atoms with Crippen molar-refractivity contribution in [3.05, 3.63) is 23.5 Å². The van der Waals surface area contributed by atoms with E-state index < -0.39 is 5.97 Å². The molecule has 1 aromatic heterocycles. The molecule has 0 saturated heterocycles. The molecule has 5 heteroatoms. The van der Waals surface area contributed by atoms with Crippen LogP contribution >= 0.6 is 0 Å². The van der Waals surface area contributed by atoms with Gasteiger partial charge in [-0.05, 0) is 32.5 Å². The van der Waals surface area contributed by atoms with Crippen LogP contribution in [0.2, 0.25) is 0 Å². The maximum absolute atomic E-state index is 11.0. The lowest BCUT2D eigenvalue weighted by molar-refractivity contribution is 0.0691. The summed E-state index contributed by atoms with van der Waals surface area (Å²) in [6.45, 7) is 3.84. The Bertz CT molecular complexity index is 379. The molecule has 0 aliphatic heterocycles. The van der Waals surface area contributed by atoms with Crippen LogP contribution in [-0.2, 0) is 6.42 Å². The fourth-order valence-corrected chi connectivity index (χ4v) is 1.28. The highest BCUT2D eigenvalue weighted by Gasteiger charge is 2.13. The average molecular weight is 223 g/mol. The Morgan fingerprint density at radius 2 is 2.25 bits per heavy atom. The third-order valence-corrected chi connectivity index (χ3v) is 2.32. The number of nitrogens with zero attached hydrogens (tertiary/aromatic N) is 1. The van der Waals surface area contributed by atoms with Crippen LogP contribution in [0.1, 0.15) is 30.0 Å². The molecule has 5 nitrogen and oxygen atoms in total. The molecular formula is C11H17N3O2. The van der Waals surface area contributed by atoms with Crippen LogP contribution in [0.5, 0.6) is 0 Å². The Labute approximate surface area is 94.9 Å². The number of aryl methyl sites for hydroxylation is 1. The van der Waals surface area contributed by atoms with Crippen LogP contribution in [0.25, 0.3) is 0 Å². The first-order valence-electron chi connectivity index (χ1n) is 5.25. The Balaban J connectivity index is 3.03. The van der Waals surface area contributed by atoms with Crippen molar-refractivity contribution in [1.82, 2.24) is 10.3 Å². The second-order valence-electron chi connectivity index (χ2n) is 3.51. The summed E-state index contributed by atoms with van der Waals surface area (Å²) < 4.78 is 0. The molecule has 16 heavy (non-hydrogen) atoms. The fraction of sp³-hybridized carbons (Fsp3) is 0.455. The zero-order chi connectivity index (χ0) is 12.1. The third kappa shape index (κ3) is 2.93. The standard InChI is InChI=1S/C11H17N3O2/c1-4-8-5-6-9(13-7(2)12-3)10(14-8)11(15)16/h5-7,12-13H,4H2,1-3H3,(H,15,16). The first-order valence-corrected chi connectivity index (χ1v) is 5.25. The highest BCUT2D eigenvalue weighted by molar-refractivity contribution is 5.92. The van der Waals surface area contributed by atoms with E-state index in [9.17, 15) is 4.79 Å². The fourth-order valence-electron chi connectivity index (χ4n) is 1.28. The number of rotatable bonds is 5. The van der Waals surface area contributed by atoms with Gasteiger partial charge in [0.05, 0.1) is 11.9 Å². The predicted molar refractivity (Wildman–Crippen MR) is 62.7 cm³/mol. The van der Waals surface area contributed by atoms with Crippen molar-refractivity contribution in [2.24, 2.45) is 0 Å². The number of carboxylic acids is 1. The van der Waals surface area contributed by atoms with Gasteiger partial charge in [0, 0.05) is 5.69 Å². The maximum atomic E-state index is 11.0. The third-order valence-electron chi connectivity index (χ3n) is 2.32. The van der Waals surface area contributed by atoms with Crippen LogP contribution in [0.15, 0.2) is 12.1 Å². The number of anilines is 1. The average Bonchev–Trinajstić information content (AvgIpc) is 2.29. The van der Waals surface area contributed by atoms with Gasteiger partial charge in [-0.1, -0.05) is 6.92 Å². The van der Waals surface area contributed by atoms with Crippen molar-refractivity contribution in [3.63, 3.8) is 0 Å². The quantitative estimate of drug-likeness (QED) is 0.656. The lowest BCUT2D eigenvalue weighted by Crippen LogP contribution is -2.30. The molecule has 1 rings (SSSR count). The number of pyridine rings is 1. The molecule has 0 bridgehead atoms. The van der Waals surface area contributed by atoms with E-state index in [2.05, 4.69) is 15.6 Å². The molecule has 0 spiro atoms. The van der Waals surface area contributed by atoms with Gasteiger partial charge in [-0.3, -0.25) is 0 Å². The van der Waals surface area contributed by atoms with Crippen LogP contribution < -0.4 is 10.6 Å². The summed E-state index contributed by atoms with van der Waals surface area (Å²) in [5, 5.41) is 15.1. The molecule has 0 aliphatic rings. The molecule has 0 radical (unpaired) electrons. The molecule has 0 aliphatic carbocycles. The summed E-state index contributed by atoms with van der Waals surface area (Å²) in [7, 11) is 1.80. The lowest BCUT2D eigenvalue weighted by atomic mass is 10.2. The monoisotopic (exact) mass is 223 g/mol. The van der Waals surface area contributed by atoms with E-state index >= 15 is 0 Å². The number of nitrogens with one attached hydrogen (secondary N) is 2. The van der Waals surface area contributed by atoms with E-state index in [1.165, 1.54) is 0 Å². The van der Waals surface area contributed by atoms with Crippen molar-refractivity contribution < 1.29 is 9.90 Å². The molecule has 1 aromatic rings. The molecule has 88 valence electrons. The summed E-state index contributed by atoms with van der Waals surface area (Å²) in [5.41, 5.74) is 1.38. The van der Waals surface area contributed by atoms with E-state index in [1.807, 2.05) is 19.9 Å². The largest absolute Gasteiger partial charge is 0.476 e. The molecule has 0 saturated carbocycles. The molecular weight excluding hydrogens is 206 g/mol. The van der Waals surface area contributed by atoms with Gasteiger partial charge in [-0.15, -0.1) is 0 Å². The molecule has 3 N–H and O–H groups in total. The summed E-state index contributed by atoms with van der Waals surface area (Å²) in [4.78, 5) is 15.1. The van der Waals surface area contributed by atoms with Crippen molar-refractivity contribution in [1.29, 1.82) is 0 Å². The summed E-state index contributed by atoms with van der Waals surface area (Å²) in [6.07, 6.45) is 0.717. The lowest BCUT2D eigenvalue weighted by Gasteiger charge is -2.15. The number of carbonyl (C=O) groups is 1. The van der Waals surface area contributed by atoms with Crippen LogP contribution in [-0.4, -0.2) is 29.3 Å². The van der Waals surface area contributed by atoms with Gasteiger partial charge in [-0.2, -0.15) is 0 Å².